The van der Waals surface area contributed by atoms with Gasteiger partial charge in [0.2, 0.25) is 11.8 Å². The second-order valence-corrected chi connectivity index (χ2v) is 9.74. The van der Waals surface area contributed by atoms with E-state index in [2.05, 4.69) is 5.32 Å². The van der Waals surface area contributed by atoms with E-state index in [4.69, 9.17) is 0 Å². The molecule has 0 radical (unpaired) electrons. The lowest BCUT2D eigenvalue weighted by Gasteiger charge is -2.32. The van der Waals surface area contributed by atoms with Crippen LogP contribution >= 0.6 is 0 Å². The Morgan fingerprint density at radius 3 is 2.06 bits per heavy atom. The Balaban J connectivity index is 1.99. The summed E-state index contributed by atoms with van der Waals surface area (Å²) in [6, 6.07) is 20.9. The normalized spacial score (nSPS) is 12.0. The molecule has 0 fully saturated rings. The molecular formula is C26H28FN3O4S. The molecule has 7 nitrogen and oxygen atoms in total. The molecule has 3 rings (SSSR count). The van der Waals surface area contributed by atoms with E-state index in [0.717, 1.165) is 34.1 Å². The molecule has 0 aliphatic rings. The van der Waals surface area contributed by atoms with Crippen molar-refractivity contribution in [1.29, 1.82) is 0 Å². The summed E-state index contributed by atoms with van der Waals surface area (Å²) < 4.78 is 41.5. The summed E-state index contributed by atoms with van der Waals surface area (Å²) in [5.41, 5.74) is 1.07. The first-order valence-electron chi connectivity index (χ1n) is 11.2. The number of benzene rings is 3. The van der Waals surface area contributed by atoms with Crippen LogP contribution in [0, 0.1) is 5.82 Å². The molecule has 0 saturated heterocycles. The van der Waals surface area contributed by atoms with Gasteiger partial charge in [0.05, 0.1) is 10.6 Å². The molecule has 0 aliphatic carbocycles. The van der Waals surface area contributed by atoms with Crippen molar-refractivity contribution < 1.29 is 22.4 Å². The van der Waals surface area contributed by atoms with Crippen molar-refractivity contribution in [3.05, 3.63) is 96.3 Å². The highest BCUT2D eigenvalue weighted by molar-refractivity contribution is 7.92. The zero-order chi connectivity index (χ0) is 25.4. The number of hydrogen-bond donors (Lipinski definition) is 1. The Morgan fingerprint density at radius 2 is 1.49 bits per heavy atom. The first-order chi connectivity index (χ1) is 16.7. The molecule has 3 aromatic carbocycles. The number of sulfonamides is 1. The van der Waals surface area contributed by atoms with Crippen LogP contribution in [0.4, 0.5) is 10.1 Å². The van der Waals surface area contributed by atoms with Gasteiger partial charge in [-0.3, -0.25) is 13.9 Å². The Labute approximate surface area is 205 Å². The number of carbonyl (C=O) groups is 2. The van der Waals surface area contributed by atoms with Crippen LogP contribution in [0.3, 0.4) is 0 Å². The van der Waals surface area contributed by atoms with E-state index in [-0.39, 0.29) is 23.0 Å². The lowest BCUT2D eigenvalue weighted by Crippen LogP contribution is -2.51. The molecule has 3 aromatic rings. The molecule has 0 bridgehead atoms. The number of halogens is 1. The van der Waals surface area contributed by atoms with Gasteiger partial charge >= 0.3 is 0 Å². The number of nitrogens with zero attached hydrogens (tertiary/aromatic N) is 2. The van der Waals surface area contributed by atoms with Gasteiger partial charge in [-0.05, 0) is 55.8 Å². The molecular weight excluding hydrogens is 469 g/mol. The third-order valence-electron chi connectivity index (χ3n) is 5.44. The van der Waals surface area contributed by atoms with E-state index in [1.165, 1.54) is 4.90 Å². The van der Waals surface area contributed by atoms with Crippen LogP contribution in [0.1, 0.15) is 19.4 Å². The summed E-state index contributed by atoms with van der Waals surface area (Å²) in [5, 5.41) is 2.71. The van der Waals surface area contributed by atoms with E-state index in [1.54, 1.807) is 44.2 Å². The summed E-state index contributed by atoms with van der Waals surface area (Å²) >= 11 is 0. The van der Waals surface area contributed by atoms with Gasteiger partial charge in [0.25, 0.3) is 10.0 Å². The monoisotopic (exact) mass is 497 g/mol. The summed E-state index contributed by atoms with van der Waals surface area (Å²) in [4.78, 5) is 27.4. The maximum atomic E-state index is 13.6. The molecule has 0 spiro atoms. The van der Waals surface area contributed by atoms with Gasteiger partial charge in [-0.15, -0.1) is 0 Å². The Bertz CT molecular complexity index is 1240. The molecule has 0 unspecified atom stereocenters. The molecule has 9 heteroatoms. The maximum Gasteiger partial charge on any atom is 0.264 e. The molecule has 1 atom stereocenters. The average Bonchev–Trinajstić information content (AvgIpc) is 2.86. The lowest BCUT2D eigenvalue weighted by molar-refractivity contribution is -0.139. The van der Waals surface area contributed by atoms with Crippen LogP contribution in [0.5, 0.6) is 0 Å². The number of nitrogens with one attached hydrogen (secondary N) is 1. The van der Waals surface area contributed by atoms with Gasteiger partial charge in [0, 0.05) is 13.1 Å². The molecule has 1 N–H and O–H groups in total. The summed E-state index contributed by atoms with van der Waals surface area (Å²) in [6.45, 7) is 3.36. The standard InChI is InChI=1S/C26H28FN3O4S/c1-3-28-26(32)20(2)29(18-21-10-6-4-7-11-21)25(31)19-30(23-12-8-5-9-13-23)35(33,34)24-16-14-22(27)15-17-24/h4-17,20H,3,18-19H2,1-2H3,(H,28,32)/t20-/m0/s1. The number of amides is 2. The molecule has 0 heterocycles. The van der Waals surface area contributed by atoms with Crippen LogP contribution in [-0.4, -0.2) is 44.3 Å². The average molecular weight is 498 g/mol. The first kappa shape index (κ1) is 25.9. The third-order valence-corrected chi connectivity index (χ3v) is 7.23. The summed E-state index contributed by atoms with van der Waals surface area (Å²) in [5.74, 6) is -1.47. The van der Waals surface area contributed by atoms with Crippen molar-refractivity contribution in [3.63, 3.8) is 0 Å². The van der Waals surface area contributed by atoms with E-state index < -0.39 is 34.3 Å². The zero-order valence-electron chi connectivity index (χ0n) is 19.6. The van der Waals surface area contributed by atoms with Crippen LogP contribution < -0.4 is 9.62 Å². The van der Waals surface area contributed by atoms with E-state index in [9.17, 15) is 22.4 Å². The van der Waals surface area contributed by atoms with Crippen molar-refractivity contribution in [2.75, 3.05) is 17.4 Å². The number of para-hydroxylation sites is 1. The van der Waals surface area contributed by atoms with Crippen molar-refractivity contribution in [2.24, 2.45) is 0 Å². The van der Waals surface area contributed by atoms with Gasteiger partial charge in [-0.25, -0.2) is 12.8 Å². The van der Waals surface area contributed by atoms with Crippen molar-refractivity contribution in [3.8, 4) is 0 Å². The van der Waals surface area contributed by atoms with Crippen LogP contribution in [0.25, 0.3) is 0 Å². The van der Waals surface area contributed by atoms with Gasteiger partial charge in [-0.2, -0.15) is 0 Å². The third kappa shape index (κ3) is 6.45. The predicted octanol–water partition coefficient (Wildman–Crippen LogP) is 3.57. The molecule has 2 amide bonds. The van der Waals surface area contributed by atoms with Gasteiger partial charge in [0.15, 0.2) is 0 Å². The number of anilines is 1. The highest BCUT2D eigenvalue weighted by Gasteiger charge is 2.32. The minimum Gasteiger partial charge on any atom is -0.355 e. The maximum absolute atomic E-state index is 13.6. The van der Waals surface area contributed by atoms with Crippen molar-refractivity contribution in [1.82, 2.24) is 10.2 Å². The van der Waals surface area contributed by atoms with Gasteiger partial charge in [0.1, 0.15) is 18.4 Å². The fourth-order valence-electron chi connectivity index (χ4n) is 3.54. The number of hydrogen-bond acceptors (Lipinski definition) is 4. The summed E-state index contributed by atoms with van der Waals surface area (Å²) in [6.07, 6.45) is 0. The number of rotatable bonds is 10. The highest BCUT2D eigenvalue weighted by Crippen LogP contribution is 2.24. The van der Waals surface area contributed by atoms with Crippen molar-refractivity contribution >= 4 is 27.5 Å². The molecule has 0 aromatic heterocycles. The molecule has 35 heavy (non-hydrogen) atoms. The Kier molecular flexibility index (Phi) is 8.59. The SMILES string of the molecule is CCNC(=O)[C@H](C)N(Cc1ccccc1)C(=O)CN(c1ccccc1)S(=O)(=O)c1ccc(F)cc1. The molecule has 184 valence electrons. The number of likely N-dealkylation sites (N-methyl/N-ethyl adjacent to an activating group) is 1. The fourth-order valence-corrected chi connectivity index (χ4v) is 4.96. The zero-order valence-corrected chi connectivity index (χ0v) is 20.4. The highest BCUT2D eigenvalue weighted by atomic mass is 32.2. The molecule has 0 aliphatic heterocycles. The van der Waals surface area contributed by atoms with E-state index in [0.29, 0.717) is 6.54 Å². The van der Waals surface area contributed by atoms with Crippen LogP contribution in [-0.2, 0) is 26.2 Å². The number of carbonyl (C=O) groups excluding carboxylic acids is 2. The van der Waals surface area contributed by atoms with E-state index >= 15 is 0 Å². The second-order valence-electron chi connectivity index (χ2n) is 7.88. The lowest BCUT2D eigenvalue weighted by atomic mass is 10.1. The second kappa shape index (κ2) is 11.6. The largest absolute Gasteiger partial charge is 0.355 e. The topological polar surface area (TPSA) is 86.8 Å². The smallest absolute Gasteiger partial charge is 0.264 e. The van der Waals surface area contributed by atoms with Gasteiger partial charge in [-0.1, -0.05) is 48.5 Å². The Morgan fingerprint density at radius 1 is 0.914 bits per heavy atom. The minimum absolute atomic E-state index is 0.122. The van der Waals surface area contributed by atoms with Crippen LogP contribution in [0.15, 0.2) is 89.8 Å². The van der Waals surface area contributed by atoms with E-state index in [1.807, 2.05) is 30.3 Å². The van der Waals surface area contributed by atoms with Crippen molar-refractivity contribution in [2.45, 2.75) is 31.3 Å². The predicted molar refractivity (Wildman–Crippen MR) is 133 cm³/mol. The Hall–Kier alpha value is -3.72. The fraction of sp³-hybridized carbons (Fsp3) is 0.231. The molecule has 0 saturated carbocycles. The van der Waals surface area contributed by atoms with Crippen LogP contribution in [0.2, 0.25) is 0 Å². The summed E-state index contributed by atoms with van der Waals surface area (Å²) in [7, 11) is -4.21. The minimum atomic E-state index is -4.21. The first-order valence-corrected chi connectivity index (χ1v) is 12.6. The quantitative estimate of drug-likeness (QED) is 0.464. The van der Waals surface area contributed by atoms with Gasteiger partial charge < -0.3 is 10.2 Å².